The van der Waals surface area contributed by atoms with Crippen LogP contribution in [0.15, 0.2) is 0 Å². The van der Waals surface area contributed by atoms with Crippen molar-refractivity contribution < 1.29 is 9.53 Å². The number of carbonyl (C=O) groups excluding carboxylic acids is 1. The van der Waals surface area contributed by atoms with E-state index in [2.05, 4.69) is 31.4 Å². The summed E-state index contributed by atoms with van der Waals surface area (Å²) in [4.78, 5) is 12.3. The zero-order valence-electron chi connectivity index (χ0n) is 12.4. The average molecular weight is 268 g/mol. The van der Waals surface area contributed by atoms with E-state index in [1.807, 2.05) is 0 Å². The summed E-state index contributed by atoms with van der Waals surface area (Å²) in [5.74, 6) is 2.08. The number of ether oxygens (including phenoxy) is 1. The topological polar surface area (TPSA) is 50.4 Å². The van der Waals surface area contributed by atoms with Crippen molar-refractivity contribution in [2.45, 2.75) is 52.1 Å². The molecule has 2 N–H and O–H groups in total. The van der Waals surface area contributed by atoms with Crippen LogP contribution in [-0.4, -0.2) is 37.7 Å². The molecule has 4 atom stereocenters. The van der Waals surface area contributed by atoms with Gasteiger partial charge in [-0.15, -0.1) is 0 Å². The van der Waals surface area contributed by atoms with E-state index < -0.39 is 0 Å². The van der Waals surface area contributed by atoms with Crippen LogP contribution in [0.4, 0.5) is 0 Å². The maximum absolute atomic E-state index is 12.3. The van der Waals surface area contributed by atoms with E-state index in [9.17, 15) is 4.79 Å². The Morgan fingerprint density at radius 2 is 2.16 bits per heavy atom. The van der Waals surface area contributed by atoms with Crippen molar-refractivity contribution in [2.75, 3.05) is 19.8 Å². The summed E-state index contributed by atoms with van der Waals surface area (Å²) in [5, 5.41) is 6.50. The molecule has 110 valence electrons. The van der Waals surface area contributed by atoms with Crippen molar-refractivity contribution in [1.29, 1.82) is 0 Å². The van der Waals surface area contributed by atoms with E-state index >= 15 is 0 Å². The Balaban J connectivity index is 1.92. The molecule has 19 heavy (non-hydrogen) atoms. The summed E-state index contributed by atoms with van der Waals surface area (Å²) in [6.45, 7) is 8.80. The maximum atomic E-state index is 12.3. The molecule has 0 bridgehead atoms. The van der Waals surface area contributed by atoms with Crippen LogP contribution in [0, 0.1) is 17.8 Å². The van der Waals surface area contributed by atoms with Crippen molar-refractivity contribution in [3.05, 3.63) is 0 Å². The number of rotatable bonds is 3. The van der Waals surface area contributed by atoms with Gasteiger partial charge in [0, 0.05) is 12.6 Å². The van der Waals surface area contributed by atoms with Crippen LogP contribution in [0.3, 0.4) is 0 Å². The highest BCUT2D eigenvalue weighted by Crippen LogP contribution is 2.33. The quantitative estimate of drug-likeness (QED) is 0.816. The lowest BCUT2D eigenvalue weighted by Crippen LogP contribution is -2.55. The monoisotopic (exact) mass is 268 g/mol. The molecule has 2 aliphatic rings. The Hall–Kier alpha value is -0.610. The van der Waals surface area contributed by atoms with Gasteiger partial charge in [-0.25, -0.2) is 0 Å². The molecule has 1 heterocycles. The van der Waals surface area contributed by atoms with Gasteiger partial charge in [0.25, 0.3) is 0 Å². The normalized spacial score (nSPS) is 36.2. The third-order valence-electron chi connectivity index (χ3n) is 4.59. The third kappa shape index (κ3) is 3.93. The van der Waals surface area contributed by atoms with Gasteiger partial charge in [-0.1, -0.05) is 27.2 Å². The van der Waals surface area contributed by atoms with Gasteiger partial charge in [-0.2, -0.15) is 0 Å². The molecule has 0 aromatic rings. The number of hydrogen-bond acceptors (Lipinski definition) is 3. The van der Waals surface area contributed by atoms with E-state index in [4.69, 9.17) is 4.74 Å². The molecule has 4 unspecified atom stereocenters. The summed E-state index contributed by atoms with van der Waals surface area (Å²) in [6.07, 6.45) is 3.64. The molecule has 1 aliphatic heterocycles. The van der Waals surface area contributed by atoms with Crippen LogP contribution in [-0.2, 0) is 9.53 Å². The predicted molar refractivity (Wildman–Crippen MR) is 75.9 cm³/mol. The minimum atomic E-state index is -0.168. The van der Waals surface area contributed by atoms with E-state index in [-0.39, 0.29) is 11.9 Å². The van der Waals surface area contributed by atoms with Crippen LogP contribution < -0.4 is 10.6 Å². The molecular formula is C15H28N2O2. The fourth-order valence-electron chi connectivity index (χ4n) is 3.39. The molecule has 0 radical (unpaired) electrons. The second-order valence-corrected chi connectivity index (χ2v) is 6.52. The highest BCUT2D eigenvalue weighted by molar-refractivity contribution is 5.82. The molecule has 0 aromatic carbocycles. The van der Waals surface area contributed by atoms with Crippen LogP contribution in [0.5, 0.6) is 0 Å². The molecule has 4 nitrogen and oxygen atoms in total. The first-order valence-corrected chi connectivity index (χ1v) is 7.69. The van der Waals surface area contributed by atoms with E-state index in [0.717, 1.165) is 18.9 Å². The smallest absolute Gasteiger partial charge is 0.239 e. The Bertz CT molecular complexity index is 301. The Morgan fingerprint density at radius 3 is 2.79 bits per heavy atom. The van der Waals surface area contributed by atoms with Gasteiger partial charge >= 0.3 is 0 Å². The average Bonchev–Trinajstić information content (AvgIpc) is 2.39. The van der Waals surface area contributed by atoms with Gasteiger partial charge in [0.05, 0.1) is 13.2 Å². The fourth-order valence-corrected chi connectivity index (χ4v) is 3.39. The predicted octanol–water partition coefficient (Wildman–Crippen LogP) is 1.55. The number of carbonyl (C=O) groups is 1. The summed E-state index contributed by atoms with van der Waals surface area (Å²) < 4.78 is 5.36. The van der Waals surface area contributed by atoms with Gasteiger partial charge in [-0.3, -0.25) is 4.79 Å². The second-order valence-electron chi connectivity index (χ2n) is 6.52. The second kappa shape index (κ2) is 6.71. The third-order valence-corrected chi connectivity index (χ3v) is 4.59. The lowest BCUT2D eigenvalue weighted by Gasteiger charge is -2.38. The van der Waals surface area contributed by atoms with Crippen LogP contribution in [0.25, 0.3) is 0 Å². The molecule has 2 rings (SSSR count). The van der Waals surface area contributed by atoms with E-state index in [1.54, 1.807) is 0 Å². The standard InChI is InChI=1S/C15H28N2O2/c1-10(2)12-5-4-11(3)8-13(12)17-15(18)14-9-19-7-6-16-14/h10-14,16H,4-9H2,1-3H3,(H,17,18). The SMILES string of the molecule is CC1CCC(C(C)C)C(NC(=O)C2COCCN2)C1. The molecule has 1 aliphatic carbocycles. The van der Waals surface area contributed by atoms with Crippen molar-refractivity contribution in [3.63, 3.8) is 0 Å². The lowest BCUT2D eigenvalue weighted by atomic mass is 9.74. The maximum Gasteiger partial charge on any atom is 0.239 e. The molecule has 2 fully saturated rings. The molecule has 0 aromatic heterocycles. The van der Waals surface area contributed by atoms with Gasteiger partial charge < -0.3 is 15.4 Å². The van der Waals surface area contributed by atoms with Gasteiger partial charge in [-0.05, 0) is 30.6 Å². The summed E-state index contributed by atoms with van der Waals surface area (Å²) in [5.41, 5.74) is 0. The molecule has 4 heteroatoms. The van der Waals surface area contributed by atoms with E-state index in [1.165, 1.54) is 12.8 Å². The summed E-state index contributed by atoms with van der Waals surface area (Å²) >= 11 is 0. The Morgan fingerprint density at radius 1 is 1.37 bits per heavy atom. The lowest BCUT2D eigenvalue weighted by molar-refractivity contribution is -0.127. The number of nitrogens with one attached hydrogen (secondary N) is 2. The van der Waals surface area contributed by atoms with Crippen molar-refractivity contribution in [1.82, 2.24) is 10.6 Å². The van der Waals surface area contributed by atoms with Crippen molar-refractivity contribution in [3.8, 4) is 0 Å². The highest BCUT2D eigenvalue weighted by atomic mass is 16.5. The molecular weight excluding hydrogens is 240 g/mol. The van der Waals surface area contributed by atoms with Gasteiger partial charge in [0.15, 0.2) is 0 Å². The molecule has 1 amide bonds. The fraction of sp³-hybridized carbons (Fsp3) is 0.933. The summed E-state index contributed by atoms with van der Waals surface area (Å²) in [7, 11) is 0. The minimum absolute atomic E-state index is 0.115. The highest BCUT2D eigenvalue weighted by Gasteiger charge is 2.33. The van der Waals surface area contributed by atoms with E-state index in [0.29, 0.717) is 31.1 Å². The van der Waals surface area contributed by atoms with Crippen molar-refractivity contribution >= 4 is 5.91 Å². The zero-order valence-corrected chi connectivity index (χ0v) is 12.4. The number of morpholine rings is 1. The zero-order chi connectivity index (χ0) is 13.8. The number of amides is 1. The van der Waals surface area contributed by atoms with Crippen LogP contribution in [0.1, 0.15) is 40.0 Å². The van der Waals surface area contributed by atoms with Crippen LogP contribution >= 0.6 is 0 Å². The first-order valence-electron chi connectivity index (χ1n) is 7.69. The Labute approximate surface area is 116 Å². The first kappa shape index (κ1) is 14.8. The molecule has 1 saturated carbocycles. The first-order chi connectivity index (χ1) is 9.08. The van der Waals surface area contributed by atoms with Crippen molar-refractivity contribution in [2.24, 2.45) is 17.8 Å². The van der Waals surface area contributed by atoms with Gasteiger partial charge in [0.2, 0.25) is 5.91 Å². The largest absolute Gasteiger partial charge is 0.378 e. The van der Waals surface area contributed by atoms with Gasteiger partial charge in [0.1, 0.15) is 6.04 Å². The Kier molecular flexibility index (Phi) is 5.22. The van der Waals surface area contributed by atoms with Crippen LogP contribution in [0.2, 0.25) is 0 Å². The minimum Gasteiger partial charge on any atom is -0.378 e. The number of hydrogen-bond donors (Lipinski definition) is 2. The summed E-state index contributed by atoms with van der Waals surface area (Å²) in [6, 6.07) is 0.166. The molecule has 0 spiro atoms. The molecule has 1 saturated heterocycles.